The zero-order valence-electron chi connectivity index (χ0n) is 14.4. The van der Waals surface area contributed by atoms with Crippen molar-refractivity contribution in [2.45, 2.75) is 54.2 Å². The number of carbonyl (C=O) groups excluding carboxylic acids is 3. The van der Waals surface area contributed by atoms with Crippen molar-refractivity contribution in [2.75, 3.05) is 13.6 Å². The average Bonchev–Trinajstić information content (AvgIpc) is 3.22. The minimum Gasteiger partial charge on any atom is -0.341 e. The molecule has 4 aliphatic rings. The molecule has 0 unspecified atom stereocenters. The molecule has 3 amide bonds. The molecule has 3 saturated carbocycles. The minimum atomic E-state index is -0.233. The van der Waals surface area contributed by atoms with Crippen LogP contribution in [0.25, 0.3) is 0 Å². The highest BCUT2D eigenvalue weighted by molar-refractivity contribution is 9.12. The van der Waals surface area contributed by atoms with Gasteiger partial charge < -0.3 is 4.90 Å². The fourth-order valence-corrected chi connectivity index (χ4v) is 7.36. The van der Waals surface area contributed by atoms with Crippen LogP contribution in [0.3, 0.4) is 0 Å². The summed E-state index contributed by atoms with van der Waals surface area (Å²) in [6, 6.07) is 0.253. The van der Waals surface area contributed by atoms with E-state index >= 15 is 0 Å². The zero-order chi connectivity index (χ0) is 17.9. The Hall–Kier alpha value is -0.430. The number of rotatable bonds is 3. The second-order valence-corrected chi connectivity index (χ2v) is 10.2. The third-order valence-corrected chi connectivity index (χ3v) is 10.1. The van der Waals surface area contributed by atoms with E-state index in [1.807, 2.05) is 7.05 Å². The molecule has 2 bridgehead atoms. The molecule has 5 nitrogen and oxygen atoms in total. The summed E-state index contributed by atoms with van der Waals surface area (Å²) in [5, 5.41) is 0. The van der Waals surface area contributed by atoms with Crippen molar-refractivity contribution < 1.29 is 14.4 Å². The molecular formula is C18H24Br2N2O3. The Bertz CT molecular complexity index is 575. The van der Waals surface area contributed by atoms with Crippen molar-refractivity contribution in [3.8, 4) is 0 Å². The average molecular weight is 476 g/mol. The SMILES string of the molecule is CN(C(=O)CN1C(=O)[C@@H]2[C@H]3C[C@H]([C@H](Br)[C@@H]3Br)[C@@H]2C1=O)C1CCCCC1. The van der Waals surface area contributed by atoms with Crippen LogP contribution in [-0.2, 0) is 14.4 Å². The number of hydrogen-bond acceptors (Lipinski definition) is 3. The maximum Gasteiger partial charge on any atom is 0.242 e. The fraction of sp³-hybridized carbons (Fsp3) is 0.833. The first-order valence-electron chi connectivity index (χ1n) is 9.31. The molecule has 6 atom stereocenters. The monoisotopic (exact) mass is 474 g/mol. The van der Waals surface area contributed by atoms with Gasteiger partial charge in [0, 0.05) is 22.7 Å². The van der Waals surface area contributed by atoms with Crippen molar-refractivity contribution in [3.63, 3.8) is 0 Å². The minimum absolute atomic E-state index is 0.0863. The third-order valence-electron chi connectivity index (χ3n) is 6.89. The van der Waals surface area contributed by atoms with Crippen LogP contribution < -0.4 is 0 Å². The summed E-state index contributed by atoms with van der Waals surface area (Å²) in [5.41, 5.74) is 0. The Balaban J connectivity index is 1.46. The van der Waals surface area contributed by atoms with Crippen LogP contribution in [-0.4, -0.2) is 56.8 Å². The molecule has 1 heterocycles. The first kappa shape index (κ1) is 18.0. The van der Waals surface area contributed by atoms with Gasteiger partial charge in [-0.25, -0.2) is 0 Å². The summed E-state index contributed by atoms with van der Waals surface area (Å²) in [5.74, 6) is -0.425. The van der Waals surface area contributed by atoms with Crippen LogP contribution in [0.2, 0.25) is 0 Å². The van der Waals surface area contributed by atoms with Gasteiger partial charge in [0.05, 0.1) is 11.8 Å². The van der Waals surface area contributed by atoms with E-state index in [2.05, 4.69) is 31.9 Å². The van der Waals surface area contributed by atoms with Gasteiger partial charge in [0.25, 0.3) is 0 Å². The summed E-state index contributed by atoms with van der Waals surface area (Å²) in [6.45, 7) is -0.0863. The Morgan fingerprint density at radius 2 is 1.56 bits per heavy atom. The van der Waals surface area contributed by atoms with Crippen LogP contribution in [0.5, 0.6) is 0 Å². The molecule has 0 spiro atoms. The molecule has 1 saturated heterocycles. The number of amides is 3. The third kappa shape index (κ3) is 2.71. The largest absolute Gasteiger partial charge is 0.341 e. The number of nitrogens with zero attached hydrogens (tertiary/aromatic N) is 2. The van der Waals surface area contributed by atoms with E-state index in [-0.39, 0.29) is 63.6 Å². The number of hydrogen-bond donors (Lipinski definition) is 0. The molecule has 0 aromatic rings. The van der Waals surface area contributed by atoms with Crippen molar-refractivity contribution >= 4 is 49.6 Å². The van der Waals surface area contributed by atoms with E-state index < -0.39 is 0 Å². The van der Waals surface area contributed by atoms with E-state index in [1.54, 1.807) is 4.90 Å². The predicted molar refractivity (Wildman–Crippen MR) is 100 cm³/mol. The van der Waals surface area contributed by atoms with E-state index in [0.29, 0.717) is 0 Å². The van der Waals surface area contributed by atoms with Gasteiger partial charge in [0.15, 0.2) is 0 Å². The van der Waals surface area contributed by atoms with Crippen LogP contribution in [0.1, 0.15) is 38.5 Å². The molecule has 7 heteroatoms. The summed E-state index contributed by atoms with van der Waals surface area (Å²) >= 11 is 7.37. The fourth-order valence-electron chi connectivity index (χ4n) is 5.49. The molecule has 0 N–H and O–H groups in total. The van der Waals surface area contributed by atoms with Gasteiger partial charge in [0.1, 0.15) is 6.54 Å². The van der Waals surface area contributed by atoms with Gasteiger partial charge in [0.2, 0.25) is 17.7 Å². The second-order valence-electron chi connectivity index (χ2n) is 8.06. The number of imide groups is 1. The topological polar surface area (TPSA) is 57.7 Å². The van der Waals surface area contributed by atoms with Gasteiger partial charge in [-0.2, -0.15) is 0 Å². The molecule has 1 aliphatic heterocycles. The zero-order valence-corrected chi connectivity index (χ0v) is 17.5. The highest BCUT2D eigenvalue weighted by Gasteiger charge is 2.66. The summed E-state index contributed by atoms with van der Waals surface area (Å²) in [4.78, 5) is 41.9. The van der Waals surface area contributed by atoms with Gasteiger partial charge in [-0.1, -0.05) is 51.1 Å². The molecule has 3 aliphatic carbocycles. The molecular weight excluding hydrogens is 452 g/mol. The first-order valence-corrected chi connectivity index (χ1v) is 11.1. The van der Waals surface area contributed by atoms with Crippen molar-refractivity contribution in [2.24, 2.45) is 23.7 Å². The summed E-state index contributed by atoms with van der Waals surface area (Å²) in [7, 11) is 1.82. The van der Waals surface area contributed by atoms with Crippen molar-refractivity contribution in [1.29, 1.82) is 0 Å². The van der Waals surface area contributed by atoms with Crippen molar-refractivity contribution in [3.05, 3.63) is 0 Å². The molecule has 25 heavy (non-hydrogen) atoms. The Labute approximate surface area is 165 Å². The lowest BCUT2D eigenvalue weighted by Gasteiger charge is -2.32. The van der Waals surface area contributed by atoms with Crippen LogP contribution in [0.15, 0.2) is 0 Å². The number of carbonyl (C=O) groups is 3. The highest BCUT2D eigenvalue weighted by atomic mass is 79.9. The predicted octanol–water partition coefficient (Wildman–Crippen LogP) is 2.56. The van der Waals surface area contributed by atoms with Gasteiger partial charge in [-0.05, 0) is 31.1 Å². The highest BCUT2D eigenvalue weighted by Crippen LogP contribution is 2.60. The normalized spacial score (nSPS) is 40.7. The number of likely N-dealkylation sites (N-methyl/N-ethyl adjacent to an activating group) is 1. The van der Waals surface area contributed by atoms with E-state index in [1.165, 1.54) is 11.3 Å². The Morgan fingerprint density at radius 3 is 2.08 bits per heavy atom. The summed E-state index contributed by atoms with van der Waals surface area (Å²) < 4.78 is 0. The van der Waals surface area contributed by atoms with Gasteiger partial charge >= 0.3 is 0 Å². The van der Waals surface area contributed by atoms with Crippen LogP contribution in [0.4, 0.5) is 0 Å². The quantitative estimate of drug-likeness (QED) is 0.465. The maximum absolute atomic E-state index is 12.9. The molecule has 0 aromatic heterocycles. The van der Waals surface area contributed by atoms with Crippen molar-refractivity contribution in [1.82, 2.24) is 9.80 Å². The number of alkyl halides is 2. The Kier molecular flexibility index (Phi) is 4.76. The van der Waals surface area contributed by atoms with E-state index in [0.717, 1.165) is 32.1 Å². The maximum atomic E-state index is 12.9. The lowest BCUT2D eigenvalue weighted by Crippen LogP contribution is -2.46. The lowest BCUT2D eigenvalue weighted by molar-refractivity contribution is -0.147. The van der Waals surface area contributed by atoms with Crippen LogP contribution >= 0.6 is 31.9 Å². The molecule has 138 valence electrons. The smallest absolute Gasteiger partial charge is 0.242 e. The number of likely N-dealkylation sites (tertiary alicyclic amines) is 1. The second kappa shape index (κ2) is 6.63. The molecule has 0 radical (unpaired) electrons. The standard InChI is InChI=1S/C18H24Br2N2O3/c1-21(9-5-3-2-4-6-9)12(23)8-22-17(24)13-10-7-11(14(13)18(22)25)16(20)15(10)19/h9-11,13-16H,2-8H2,1H3/t10-,11+,13-,14+,15-,16+. The molecule has 4 rings (SSSR count). The number of halogens is 2. The van der Waals surface area contributed by atoms with Crippen LogP contribution in [0, 0.1) is 23.7 Å². The van der Waals surface area contributed by atoms with E-state index in [4.69, 9.17) is 0 Å². The molecule has 4 fully saturated rings. The first-order chi connectivity index (χ1) is 11.9. The molecule has 0 aromatic carbocycles. The number of fused-ring (bicyclic) bond motifs is 5. The summed E-state index contributed by atoms with van der Waals surface area (Å²) in [6.07, 6.45) is 6.50. The Morgan fingerprint density at radius 1 is 1.04 bits per heavy atom. The van der Waals surface area contributed by atoms with Gasteiger partial charge in [-0.3, -0.25) is 19.3 Å². The van der Waals surface area contributed by atoms with E-state index in [9.17, 15) is 14.4 Å². The lowest BCUT2D eigenvalue weighted by atomic mass is 9.81. The van der Waals surface area contributed by atoms with Gasteiger partial charge in [-0.15, -0.1) is 0 Å².